The van der Waals surface area contributed by atoms with E-state index in [1.807, 2.05) is 0 Å². The van der Waals surface area contributed by atoms with E-state index in [9.17, 15) is 9.59 Å². The van der Waals surface area contributed by atoms with Crippen LogP contribution in [-0.2, 0) is 20.9 Å². The summed E-state index contributed by atoms with van der Waals surface area (Å²) in [6.45, 7) is 5.04. The van der Waals surface area contributed by atoms with E-state index in [1.54, 1.807) is 31.4 Å². The third-order valence-electron chi connectivity index (χ3n) is 4.54. The summed E-state index contributed by atoms with van der Waals surface area (Å²) in [4.78, 5) is 26.5. The average Bonchev–Trinajstić information content (AvgIpc) is 3.27. The molecule has 2 heterocycles. The molecule has 1 fully saturated rings. The maximum Gasteiger partial charge on any atom is 0.286 e. The van der Waals surface area contributed by atoms with Crippen molar-refractivity contribution in [3.63, 3.8) is 0 Å². The zero-order chi connectivity index (χ0) is 21.9. The van der Waals surface area contributed by atoms with Crippen molar-refractivity contribution in [2.75, 3.05) is 58.4 Å². The van der Waals surface area contributed by atoms with Crippen LogP contribution in [0.2, 0.25) is 0 Å². The van der Waals surface area contributed by atoms with Crippen molar-refractivity contribution in [2.45, 2.75) is 13.0 Å². The first-order valence-electron chi connectivity index (χ1n) is 10.1. The number of nitrogens with zero attached hydrogens (tertiary/aromatic N) is 3. The Hall–Kier alpha value is -2.60. The Morgan fingerprint density at radius 3 is 2.71 bits per heavy atom. The van der Waals surface area contributed by atoms with Crippen LogP contribution in [0.25, 0.3) is 0 Å². The Balaban J connectivity index is 1.31. The largest absolute Gasteiger partial charge is 0.497 e. The number of carbonyl (C=O) groups is 2. The highest BCUT2D eigenvalue weighted by atomic mass is 32.1. The maximum atomic E-state index is 12.3. The summed E-state index contributed by atoms with van der Waals surface area (Å²) in [6.07, 6.45) is 0.884. The van der Waals surface area contributed by atoms with E-state index in [-0.39, 0.29) is 30.0 Å². The van der Waals surface area contributed by atoms with Gasteiger partial charge in [0.1, 0.15) is 24.0 Å². The predicted octanol–water partition coefficient (Wildman–Crippen LogP) is 1.15. The van der Waals surface area contributed by atoms with Crippen LogP contribution in [0.4, 0.5) is 5.69 Å². The molecule has 3 rings (SSSR count). The first-order valence-corrected chi connectivity index (χ1v) is 10.9. The minimum atomic E-state index is -0.355. The third kappa shape index (κ3) is 7.87. The lowest BCUT2D eigenvalue weighted by molar-refractivity contribution is -0.126. The van der Waals surface area contributed by atoms with Crippen molar-refractivity contribution in [3.05, 3.63) is 34.3 Å². The van der Waals surface area contributed by atoms with Crippen molar-refractivity contribution in [3.8, 4) is 5.75 Å². The second kappa shape index (κ2) is 12.3. The number of amides is 2. The molecule has 1 aromatic heterocycles. The number of hydrogen-bond donors (Lipinski definition) is 2. The van der Waals surface area contributed by atoms with Gasteiger partial charge in [-0.25, -0.2) is 0 Å². The van der Waals surface area contributed by atoms with Crippen LogP contribution < -0.4 is 15.4 Å². The van der Waals surface area contributed by atoms with E-state index in [4.69, 9.17) is 14.2 Å². The molecule has 1 saturated heterocycles. The molecule has 0 bridgehead atoms. The fraction of sp³-hybridized carbons (Fsp3) is 0.500. The summed E-state index contributed by atoms with van der Waals surface area (Å²) in [5, 5.41) is 14.2. The molecule has 0 spiro atoms. The Labute approximate surface area is 184 Å². The number of carbonyl (C=O) groups excluding carboxylic acids is 2. The average molecular weight is 450 g/mol. The van der Waals surface area contributed by atoms with Gasteiger partial charge in [0.2, 0.25) is 10.9 Å². The van der Waals surface area contributed by atoms with Gasteiger partial charge >= 0.3 is 0 Å². The molecule has 1 aliphatic rings. The monoisotopic (exact) mass is 449 g/mol. The second-order valence-electron chi connectivity index (χ2n) is 6.83. The number of hydrogen-bond acceptors (Lipinski definition) is 9. The van der Waals surface area contributed by atoms with Crippen LogP contribution in [0.1, 0.15) is 21.2 Å². The highest BCUT2D eigenvalue weighted by Gasteiger charge is 2.14. The molecule has 0 saturated carbocycles. The van der Waals surface area contributed by atoms with E-state index in [0.29, 0.717) is 23.0 Å². The highest BCUT2D eigenvalue weighted by molar-refractivity contribution is 7.13. The van der Waals surface area contributed by atoms with Crippen LogP contribution in [0.15, 0.2) is 24.3 Å². The van der Waals surface area contributed by atoms with Gasteiger partial charge in [-0.15, -0.1) is 10.2 Å². The van der Waals surface area contributed by atoms with Gasteiger partial charge in [0, 0.05) is 25.3 Å². The molecule has 11 heteroatoms. The zero-order valence-electron chi connectivity index (χ0n) is 17.5. The number of morpholine rings is 1. The van der Waals surface area contributed by atoms with Gasteiger partial charge in [-0.1, -0.05) is 11.3 Å². The van der Waals surface area contributed by atoms with Crippen LogP contribution in [0, 0.1) is 0 Å². The zero-order valence-corrected chi connectivity index (χ0v) is 18.3. The Kier molecular flexibility index (Phi) is 9.16. The molecule has 1 aliphatic heterocycles. The molecule has 0 atom stereocenters. The van der Waals surface area contributed by atoms with Gasteiger partial charge in [-0.2, -0.15) is 0 Å². The van der Waals surface area contributed by atoms with Gasteiger partial charge in [-0.3, -0.25) is 14.5 Å². The molecule has 2 N–H and O–H groups in total. The summed E-state index contributed by atoms with van der Waals surface area (Å²) in [6, 6.07) is 6.98. The molecule has 0 radical (unpaired) electrons. The quantitative estimate of drug-likeness (QED) is 0.491. The van der Waals surface area contributed by atoms with Gasteiger partial charge in [0.05, 0.1) is 20.3 Å². The van der Waals surface area contributed by atoms with Crippen LogP contribution in [0.3, 0.4) is 0 Å². The molecular formula is C20H27N5O5S. The first kappa shape index (κ1) is 23.1. The maximum absolute atomic E-state index is 12.3. The van der Waals surface area contributed by atoms with Gasteiger partial charge in [0.15, 0.2) is 0 Å². The van der Waals surface area contributed by atoms with E-state index >= 15 is 0 Å². The smallest absolute Gasteiger partial charge is 0.286 e. The minimum absolute atomic E-state index is 0.0650. The summed E-state index contributed by atoms with van der Waals surface area (Å²) < 4.78 is 15.8. The van der Waals surface area contributed by atoms with E-state index in [1.165, 1.54) is 0 Å². The van der Waals surface area contributed by atoms with Crippen molar-refractivity contribution < 1.29 is 23.8 Å². The predicted molar refractivity (Wildman–Crippen MR) is 115 cm³/mol. The SMILES string of the molecule is COc1ccc(NC(=O)c2nnc(COCC(=O)NCCCN3CCOCC3)s2)cc1. The first-order chi connectivity index (χ1) is 15.1. The molecule has 1 aromatic carbocycles. The number of ether oxygens (including phenoxy) is 3. The normalized spacial score (nSPS) is 14.2. The molecule has 31 heavy (non-hydrogen) atoms. The lowest BCUT2D eigenvalue weighted by Crippen LogP contribution is -2.38. The van der Waals surface area contributed by atoms with Gasteiger partial charge in [0.25, 0.3) is 5.91 Å². The molecule has 0 aliphatic carbocycles. The molecule has 10 nitrogen and oxygen atoms in total. The molecule has 2 amide bonds. The minimum Gasteiger partial charge on any atom is -0.497 e. The summed E-state index contributed by atoms with van der Waals surface area (Å²) >= 11 is 1.13. The van der Waals surface area contributed by atoms with Gasteiger partial charge < -0.3 is 24.8 Å². The van der Waals surface area contributed by atoms with Crippen LogP contribution >= 0.6 is 11.3 Å². The molecular weight excluding hydrogens is 422 g/mol. The van der Waals surface area contributed by atoms with Crippen molar-refractivity contribution >= 4 is 28.8 Å². The number of nitrogens with one attached hydrogen (secondary N) is 2. The standard InChI is InChI=1S/C20H27N5O5S/c1-28-16-5-3-15(4-6-16)22-19(27)20-24-23-18(31-20)14-30-13-17(26)21-7-2-8-25-9-11-29-12-10-25/h3-6H,2,7-14H2,1H3,(H,21,26)(H,22,27). The van der Waals surface area contributed by atoms with Crippen molar-refractivity contribution in [2.24, 2.45) is 0 Å². The highest BCUT2D eigenvalue weighted by Crippen LogP contribution is 2.17. The Morgan fingerprint density at radius 1 is 1.19 bits per heavy atom. The number of aromatic nitrogens is 2. The van der Waals surface area contributed by atoms with E-state index in [0.717, 1.165) is 50.6 Å². The number of rotatable bonds is 11. The van der Waals surface area contributed by atoms with Gasteiger partial charge in [-0.05, 0) is 37.2 Å². The Bertz CT molecular complexity index is 839. The fourth-order valence-electron chi connectivity index (χ4n) is 2.90. The lowest BCUT2D eigenvalue weighted by Gasteiger charge is -2.26. The van der Waals surface area contributed by atoms with Crippen molar-refractivity contribution in [1.29, 1.82) is 0 Å². The third-order valence-corrected chi connectivity index (χ3v) is 5.44. The topological polar surface area (TPSA) is 115 Å². The number of methoxy groups -OCH3 is 1. The number of benzene rings is 1. The van der Waals surface area contributed by atoms with Crippen molar-refractivity contribution in [1.82, 2.24) is 20.4 Å². The van der Waals surface area contributed by atoms with Crippen LogP contribution in [-0.4, -0.2) is 80.0 Å². The summed E-state index contributed by atoms with van der Waals surface area (Å²) in [5.74, 6) is 0.172. The second-order valence-corrected chi connectivity index (χ2v) is 7.90. The lowest BCUT2D eigenvalue weighted by atomic mass is 10.3. The van der Waals surface area contributed by atoms with Crippen LogP contribution in [0.5, 0.6) is 5.75 Å². The molecule has 0 unspecified atom stereocenters. The van der Waals surface area contributed by atoms with E-state index < -0.39 is 0 Å². The number of anilines is 1. The summed E-state index contributed by atoms with van der Waals surface area (Å²) in [7, 11) is 1.58. The summed E-state index contributed by atoms with van der Waals surface area (Å²) in [5.41, 5.74) is 0.629. The Morgan fingerprint density at radius 2 is 1.97 bits per heavy atom. The molecule has 168 valence electrons. The fourth-order valence-corrected chi connectivity index (χ4v) is 3.57. The van der Waals surface area contributed by atoms with E-state index in [2.05, 4.69) is 25.7 Å². The molecule has 2 aromatic rings.